The van der Waals surface area contributed by atoms with Crippen LogP contribution in [0.15, 0.2) is 30.3 Å². The van der Waals surface area contributed by atoms with E-state index < -0.39 is 42.3 Å². The number of piperidine rings is 1. The van der Waals surface area contributed by atoms with Crippen LogP contribution in [-0.4, -0.2) is 73.9 Å². The summed E-state index contributed by atoms with van der Waals surface area (Å²) in [6.07, 6.45) is -2.56. The first-order chi connectivity index (χ1) is 14.4. The second-order valence-corrected chi connectivity index (χ2v) is 8.09. The molecule has 1 aromatic rings. The van der Waals surface area contributed by atoms with E-state index in [4.69, 9.17) is 18.9 Å². The van der Waals surface area contributed by atoms with E-state index in [2.05, 4.69) is 5.32 Å². The number of halogens is 1. The maximum absolute atomic E-state index is 15.2. The first-order valence-corrected chi connectivity index (χ1v) is 10.1. The molecule has 3 saturated heterocycles. The number of fused-ring (bicyclic) bond motifs is 3. The highest BCUT2D eigenvalue weighted by Crippen LogP contribution is 2.47. The number of amides is 2. The summed E-state index contributed by atoms with van der Waals surface area (Å²) in [5, 5.41) is 2.64. The van der Waals surface area contributed by atoms with Crippen LogP contribution >= 0.6 is 0 Å². The molecule has 6 atom stereocenters. The van der Waals surface area contributed by atoms with E-state index >= 15 is 4.39 Å². The number of nitrogens with one attached hydrogen (secondary N) is 1. The zero-order chi connectivity index (χ0) is 21.5. The van der Waals surface area contributed by atoms with Crippen molar-refractivity contribution in [3.63, 3.8) is 0 Å². The van der Waals surface area contributed by atoms with Gasteiger partial charge in [-0.15, -0.1) is 0 Å². The zero-order valence-electron chi connectivity index (χ0n) is 17.2. The molecule has 0 saturated carbocycles. The van der Waals surface area contributed by atoms with Crippen LogP contribution in [-0.2, 0) is 30.3 Å². The summed E-state index contributed by atoms with van der Waals surface area (Å²) in [5.41, 5.74) is 0.840. The molecule has 2 unspecified atom stereocenters. The summed E-state index contributed by atoms with van der Waals surface area (Å²) in [6.45, 7) is 1.98. The number of carbonyl (C=O) groups is 2. The van der Waals surface area contributed by atoms with Gasteiger partial charge in [0.2, 0.25) is 11.7 Å². The highest BCUT2D eigenvalue weighted by molar-refractivity contribution is 5.87. The predicted octanol–water partition coefficient (Wildman–Crippen LogP) is 1.63. The van der Waals surface area contributed by atoms with E-state index in [0.29, 0.717) is 6.42 Å². The Morgan fingerprint density at radius 3 is 2.67 bits per heavy atom. The largest absolute Gasteiger partial charge is 0.445 e. The molecule has 164 valence electrons. The lowest BCUT2D eigenvalue weighted by Gasteiger charge is -2.44. The highest BCUT2D eigenvalue weighted by atomic mass is 19.1. The number of ether oxygens (including phenoxy) is 4. The van der Waals surface area contributed by atoms with Crippen LogP contribution in [0.5, 0.6) is 0 Å². The van der Waals surface area contributed by atoms with E-state index in [-0.39, 0.29) is 25.0 Å². The van der Waals surface area contributed by atoms with Gasteiger partial charge in [0.1, 0.15) is 37.6 Å². The van der Waals surface area contributed by atoms with Crippen molar-refractivity contribution in [1.82, 2.24) is 10.2 Å². The number of rotatable bonds is 5. The van der Waals surface area contributed by atoms with Gasteiger partial charge in [-0.3, -0.25) is 4.79 Å². The number of hydrogen-bond donors (Lipinski definition) is 1. The minimum atomic E-state index is -1.35. The average molecular weight is 422 g/mol. The number of methoxy groups -OCH3 is 2. The number of carbonyl (C=O) groups excluding carboxylic acids is 2. The standard InChI is InChI=1S/C21H27FN2O6/c1-12-9-14(23-20(26)29-10-13-7-5-4-6-8-13)19(25)24-16(12)15(22)17-18(24)21(27-2,28-3)11-30-17/h4-8,12,14-18H,9-11H2,1-3H3,(H,23,26)/t12?,14-,15-,16?,17+,18-/m0/s1. The molecule has 4 rings (SSSR count). The summed E-state index contributed by atoms with van der Waals surface area (Å²) >= 11 is 0. The van der Waals surface area contributed by atoms with Crippen LogP contribution in [0.1, 0.15) is 18.9 Å². The van der Waals surface area contributed by atoms with Gasteiger partial charge in [-0.1, -0.05) is 37.3 Å². The topological polar surface area (TPSA) is 86.3 Å². The smallest absolute Gasteiger partial charge is 0.408 e. The molecule has 3 heterocycles. The molecule has 3 aliphatic heterocycles. The van der Waals surface area contributed by atoms with Gasteiger partial charge in [0.15, 0.2) is 0 Å². The van der Waals surface area contributed by atoms with Crippen LogP contribution in [0, 0.1) is 5.92 Å². The molecule has 9 heteroatoms. The van der Waals surface area contributed by atoms with Gasteiger partial charge in [0.05, 0.1) is 6.04 Å². The fourth-order valence-electron chi connectivity index (χ4n) is 4.94. The van der Waals surface area contributed by atoms with Crippen LogP contribution in [0.25, 0.3) is 0 Å². The van der Waals surface area contributed by atoms with Gasteiger partial charge < -0.3 is 29.2 Å². The summed E-state index contributed by atoms with van der Waals surface area (Å²) < 4.78 is 37.2. The maximum atomic E-state index is 15.2. The monoisotopic (exact) mass is 422 g/mol. The normalized spacial score (nSPS) is 34.4. The maximum Gasteiger partial charge on any atom is 0.408 e. The van der Waals surface area contributed by atoms with Crippen molar-refractivity contribution in [3.05, 3.63) is 35.9 Å². The van der Waals surface area contributed by atoms with Gasteiger partial charge in [-0.2, -0.15) is 0 Å². The summed E-state index contributed by atoms with van der Waals surface area (Å²) in [5.74, 6) is -1.82. The molecule has 0 aromatic heterocycles. The molecule has 8 nitrogen and oxygen atoms in total. The van der Waals surface area contributed by atoms with Crippen molar-refractivity contribution in [1.29, 1.82) is 0 Å². The Labute approximate surface area is 174 Å². The van der Waals surface area contributed by atoms with Crippen molar-refractivity contribution in [2.24, 2.45) is 5.92 Å². The molecule has 3 fully saturated rings. The molecular formula is C21H27FN2O6. The Hall–Kier alpha value is -2.23. The number of nitrogens with zero attached hydrogens (tertiary/aromatic N) is 1. The fourth-order valence-corrected chi connectivity index (χ4v) is 4.94. The molecule has 0 radical (unpaired) electrons. The molecule has 0 bridgehead atoms. The van der Waals surface area contributed by atoms with E-state index in [1.165, 1.54) is 19.1 Å². The lowest BCUT2D eigenvalue weighted by atomic mass is 9.86. The van der Waals surface area contributed by atoms with E-state index in [1.54, 1.807) is 0 Å². The Kier molecular flexibility index (Phi) is 5.69. The second-order valence-electron chi connectivity index (χ2n) is 8.09. The van der Waals surface area contributed by atoms with E-state index in [0.717, 1.165) is 5.56 Å². The number of alkyl halides is 1. The van der Waals surface area contributed by atoms with Crippen molar-refractivity contribution in [2.45, 2.75) is 56.1 Å². The van der Waals surface area contributed by atoms with Crippen molar-refractivity contribution in [3.8, 4) is 0 Å². The van der Waals surface area contributed by atoms with Crippen LogP contribution < -0.4 is 5.32 Å². The molecule has 1 aromatic carbocycles. The Balaban J connectivity index is 1.48. The quantitative estimate of drug-likeness (QED) is 0.726. The minimum Gasteiger partial charge on any atom is -0.445 e. The van der Waals surface area contributed by atoms with Crippen molar-refractivity contribution >= 4 is 12.0 Å². The molecule has 3 aliphatic rings. The lowest BCUT2D eigenvalue weighted by molar-refractivity contribution is -0.232. The number of alkyl carbamates (subject to hydrolysis) is 1. The summed E-state index contributed by atoms with van der Waals surface area (Å²) in [7, 11) is 2.90. The summed E-state index contributed by atoms with van der Waals surface area (Å²) in [4.78, 5) is 27.1. The van der Waals surface area contributed by atoms with Gasteiger partial charge >= 0.3 is 6.09 Å². The fraction of sp³-hybridized carbons (Fsp3) is 0.619. The Morgan fingerprint density at radius 1 is 1.30 bits per heavy atom. The molecule has 0 aliphatic carbocycles. The molecular weight excluding hydrogens is 395 g/mol. The van der Waals surface area contributed by atoms with Crippen LogP contribution in [0.4, 0.5) is 9.18 Å². The SMILES string of the molecule is COC1(OC)CO[C@H]2[C@@H]1N1C(=O)[C@@H](NC(=O)OCc3ccccc3)CC(C)C1[C@@H]2F. The second kappa shape index (κ2) is 8.13. The third kappa shape index (κ3) is 3.34. The predicted molar refractivity (Wildman–Crippen MR) is 103 cm³/mol. The first kappa shape index (κ1) is 21.0. The lowest BCUT2D eigenvalue weighted by Crippen LogP contribution is -2.64. The van der Waals surface area contributed by atoms with E-state index in [9.17, 15) is 9.59 Å². The van der Waals surface area contributed by atoms with Crippen molar-refractivity contribution < 1.29 is 32.9 Å². The average Bonchev–Trinajstić information content (AvgIpc) is 3.28. The zero-order valence-corrected chi connectivity index (χ0v) is 17.2. The molecule has 1 N–H and O–H groups in total. The number of benzene rings is 1. The molecule has 2 amide bonds. The van der Waals surface area contributed by atoms with Gasteiger partial charge in [0.25, 0.3) is 0 Å². The molecule has 0 spiro atoms. The Morgan fingerprint density at radius 2 is 2.00 bits per heavy atom. The minimum absolute atomic E-state index is 0.0256. The summed E-state index contributed by atoms with van der Waals surface area (Å²) in [6, 6.07) is 7.04. The van der Waals surface area contributed by atoms with Crippen LogP contribution in [0.3, 0.4) is 0 Å². The van der Waals surface area contributed by atoms with Gasteiger partial charge in [0, 0.05) is 14.2 Å². The third-order valence-corrected chi connectivity index (χ3v) is 6.44. The van der Waals surface area contributed by atoms with Crippen molar-refractivity contribution in [2.75, 3.05) is 20.8 Å². The molecule has 30 heavy (non-hydrogen) atoms. The third-order valence-electron chi connectivity index (χ3n) is 6.44. The highest BCUT2D eigenvalue weighted by Gasteiger charge is 2.68. The first-order valence-electron chi connectivity index (χ1n) is 10.1. The van der Waals surface area contributed by atoms with Crippen LogP contribution in [0.2, 0.25) is 0 Å². The number of hydrogen-bond acceptors (Lipinski definition) is 6. The van der Waals surface area contributed by atoms with Gasteiger partial charge in [-0.05, 0) is 17.9 Å². The Bertz CT molecular complexity index is 789. The van der Waals surface area contributed by atoms with E-state index in [1.807, 2.05) is 37.3 Å². The van der Waals surface area contributed by atoms with Gasteiger partial charge in [-0.25, -0.2) is 9.18 Å².